The summed E-state index contributed by atoms with van der Waals surface area (Å²) in [6.45, 7) is 3.49. The van der Waals surface area contributed by atoms with Gasteiger partial charge in [0.05, 0.1) is 17.9 Å². The van der Waals surface area contributed by atoms with E-state index in [1.807, 2.05) is 0 Å². The Kier molecular flexibility index (Phi) is 3.65. The molecule has 0 saturated heterocycles. The molecule has 2 heterocycles. The molecule has 0 spiro atoms. The summed E-state index contributed by atoms with van der Waals surface area (Å²) in [5.74, 6) is -0.670. The van der Waals surface area contributed by atoms with Crippen LogP contribution in [-0.2, 0) is 17.3 Å². The highest BCUT2D eigenvalue weighted by molar-refractivity contribution is 5.89. The van der Waals surface area contributed by atoms with E-state index in [2.05, 4.69) is 9.97 Å². The first kappa shape index (κ1) is 14.3. The highest BCUT2D eigenvalue weighted by Crippen LogP contribution is 2.29. The molecule has 0 bridgehead atoms. The van der Waals surface area contributed by atoms with Crippen molar-refractivity contribution in [3.05, 3.63) is 29.3 Å². The maximum atomic E-state index is 12.7. The zero-order valence-corrected chi connectivity index (χ0v) is 10.9. The molecular formula is C12H12F3N3O2. The maximum Gasteiger partial charge on any atom is 0.419 e. The number of alkyl halides is 3. The van der Waals surface area contributed by atoms with E-state index in [9.17, 15) is 18.0 Å². The van der Waals surface area contributed by atoms with Gasteiger partial charge in [-0.3, -0.25) is 4.40 Å². The van der Waals surface area contributed by atoms with Crippen molar-refractivity contribution in [3.8, 4) is 0 Å². The van der Waals surface area contributed by atoms with Crippen LogP contribution in [0.5, 0.6) is 0 Å². The van der Waals surface area contributed by atoms with Crippen LogP contribution in [0, 0.1) is 0 Å². The second-order valence-electron chi connectivity index (χ2n) is 3.99. The predicted octanol–water partition coefficient (Wildman–Crippen LogP) is 2.49. The number of nitrogens with zero attached hydrogens (tertiary/aromatic N) is 3. The van der Waals surface area contributed by atoms with E-state index in [1.54, 1.807) is 13.8 Å². The fraction of sp³-hybridized carbons (Fsp3) is 0.417. The molecule has 20 heavy (non-hydrogen) atoms. The molecule has 8 heteroatoms. The number of hydrogen-bond acceptors (Lipinski definition) is 4. The maximum absolute atomic E-state index is 12.7. The normalized spacial score (nSPS) is 11.8. The van der Waals surface area contributed by atoms with Crippen LogP contribution in [0.3, 0.4) is 0 Å². The molecule has 5 nitrogen and oxygen atoms in total. The van der Waals surface area contributed by atoms with Gasteiger partial charge in [-0.15, -0.1) is 0 Å². The van der Waals surface area contributed by atoms with E-state index in [-0.39, 0.29) is 18.1 Å². The van der Waals surface area contributed by atoms with E-state index in [1.165, 1.54) is 0 Å². The number of aryl methyl sites for hydroxylation is 1. The summed E-state index contributed by atoms with van der Waals surface area (Å²) in [5, 5.41) is 0. The van der Waals surface area contributed by atoms with E-state index in [4.69, 9.17) is 4.74 Å². The molecule has 0 N–H and O–H groups in total. The average molecular weight is 287 g/mol. The lowest BCUT2D eigenvalue weighted by Gasteiger charge is -2.07. The van der Waals surface area contributed by atoms with Crippen LogP contribution < -0.4 is 0 Å². The number of fused-ring (bicyclic) bond motifs is 1. The number of carbonyl (C=O) groups is 1. The molecule has 2 aromatic rings. The Hall–Kier alpha value is -2.12. The molecule has 0 radical (unpaired) electrons. The molecule has 0 aliphatic heterocycles. The first-order valence-corrected chi connectivity index (χ1v) is 5.99. The SMILES string of the molecule is CCOC(=O)c1c(CC)nc2ncc(C(F)(F)F)cn12. The minimum absolute atomic E-state index is 0.0112. The molecular weight excluding hydrogens is 275 g/mol. The Morgan fingerprint density at radius 1 is 1.40 bits per heavy atom. The predicted molar refractivity (Wildman–Crippen MR) is 63.3 cm³/mol. The number of rotatable bonds is 3. The topological polar surface area (TPSA) is 56.5 Å². The van der Waals surface area contributed by atoms with E-state index >= 15 is 0 Å². The Balaban J connectivity index is 2.66. The number of halogens is 3. The number of ether oxygens (including phenoxy) is 1. The smallest absolute Gasteiger partial charge is 0.419 e. The molecule has 108 valence electrons. The van der Waals surface area contributed by atoms with E-state index in [0.29, 0.717) is 18.3 Å². The largest absolute Gasteiger partial charge is 0.461 e. The van der Waals surface area contributed by atoms with Gasteiger partial charge in [0.15, 0.2) is 5.69 Å². The summed E-state index contributed by atoms with van der Waals surface area (Å²) in [6.07, 6.45) is -2.65. The van der Waals surface area contributed by atoms with Gasteiger partial charge in [-0.2, -0.15) is 13.2 Å². The van der Waals surface area contributed by atoms with E-state index in [0.717, 1.165) is 10.6 Å². The lowest BCUT2D eigenvalue weighted by molar-refractivity contribution is -0.138. The Labute approximate surface area is 112 Å². The number of hydrogen-bond donors (Lipinski definition) is 0. The number of esters is 1. The van der Waals surface area contributed by atoms with Crippen molar-refractivity contribution in [1.82, 2.24) is 14.4 Å². The van der Waals surface area contributed by atoms with E-state index < -0.39 is 17.7 Å². The van der Waals surface area contributed by atoms with Crippen LogP contribution >= 0.6 is 0 Å². The van der Waals surface area contributed by atoms with Gasteiger partial charge in [-0.1, -0.05) is 6.92 Å². The second kappa shape index (κ2) is 5.10. The fourth-order valence-corrected chi connectivity index (χ4v) is 1.79. The molecule has 0 unspecified atom stereocenters. The van der Waals surface area contributed by atoms with Crippen molar-refractivity contribution in [2.24, 2.45) is 0 Å². The number of aromatic nitrogens is 3. The summed E-state index contributed by atoms with van der Waals surface area (Å²) in [5.41, 5.74) is -0.603. The average Bonchev–Trinajstić information content (AvgIpc) is 2.75. The van der Waals surface area contributed by atoms with Crippen LogP contribution in [0.2, 0.25) is 0 Å². The van der Waals surface area contributed by atoms with Crippen molar-refractivity contribution in [3.63, 3.8) is 0 Å². The standard InChI is InChI=1S/C12H12F3N3O2/c1-3-8-9(10(19)20-4-2)18-6-7(12(13,14)15)5-16-11(18)17-8/h5-6H,3-4H2,1-2H3. The molecule has 0 aliphatic rings. The van der Waals surface area contributed by atoms with Gasteiger partial charge in [0.2, 0.25) is 5.78 Å². The quantitative estimate of drug-likeness (QED) is 0.814. The minimum atomic E-state index is -4.54. The van der Waals surface area contributed by atoms with Crippen molar-refractivity contribution in [2.45, 2.75) is 26.4 Å². The van der Waals surface area contributed by atoms with Crippen LogP contribution in [-0.4, -0.2) is 26.9 Å². The van der Waals surface area contributed by atoms with Crippen LogP contribution in [0.25, 0.3) is 5.78 Å². The number of carbonyl (C=O) groups excluding carboxylic acids is 1. The molecule has 2 rings (SSSR count). The van der Waals surface area contributed by atoms with Gasteiger partial charge in [0, 0.05) is 12.4 Å². The molecule has 0 amide bonds. The van der Waals surface area contributed by atoms with Crippen molar-refractivity contribution >= 4 is 11.7 Å². The molecule has 0 saturated carbocycles. The van der Waals surface area contributed by atoms with Gasteiger partial charge >= 0.3 is 12.1 Å². The highest BCUT2D eigenvalue weighted by atomic mass is 19.4. The van der Waals surface area contributed by atoms with Crippen molar-refractivity contribution in [1.29, 1.82) is 0 Å². The molecule has 0 aromatic carbocycles. The third-order valence-electron chi connectivity index (χ3n) is 2.68. The molecule has 0 aliphatic carbocycles. The third-order valence-corrected chi connectivity index (χ3v) is 2.68. The van der Waals surface area contributed by atoms with Crippen molar-refractivity contribution in [2.75, 3.05) is 6.61 Å². The van der Waals surface area contributed by atoms with Crippen LogP contribution in [0.1, 0.15) is 35.6 Å². The summed E-state index contributed by atoms with van der Waals surface area (Å²) in [4.78, 5) is 19.6. The minimum Gasteiger partial charge on any atom is -0.461 e. The number of imidazole rings is 1. The first-order valence-electron chi connectivity index (χ1n) is 5.99. The first-order chi connectivity index (χ1) is 9.38. The lowest BCUT2D eigenvalue weighted by atomic mass is 10.2. The van der Waals surface area contributed by atoms with Gasteiger partial charge in [-0.05, 0) is 13.3 Å². The Morgan fingerprint density at radius 2 is 2.10 bits per heavy atom. The summed E-state index contributed by atoms with van der Waals surface area (Å²) >= 11 is 0. The zero-order chi connectivity index (χ0) is 14.9. The van der Waals surface area contributed by atoms with Gasteiger partial charge in [0.1, 0.15) is 0 Å². The molecule has 2 aromatic heterocycles. The van der Waals surface area contributed by atoms with Crippen LogP contribution in [0.15, 0.2) is 12.4 Å². The lowest BCUT2D eigenvalue weighted by Crippen LogP contribution is -2.13. The Bertz CT molecular complexity index is 649. The van der Waals surface area contributed by atoms with Crippen molar-refractivity contribution < 1.29 is 22.7 Å². The third kappa shape index (κ3) is 2.45. The second-order valence-corrected chi connectivity index (χ2v) is 3.99. The summed E-state index contributed by atoms with van der Waals surface area (Å²) < 4.78 is 44.0. The highest BCUT2D eigenvalue weighted by Gasteiger charge is 2.32. The summed E-state index contributed by atoms with van der Waals surface area (Å²) in [7, 11) is 0. The molecule has 0 atom stereocenters. The van der Waals surface area contributed by atoms with Gasteiger partial charge in [0.25, 0.3) is 0 Å². The monoisotopic (exact) mass is 287 g/mol. The Morgan fingerprint density at radius 3 is 2.65 bits per heavy atom. The van der Waals surface area contributed by atoms with Gasteiger partial charge in [-0.25, -0.2) is 14.8 Å². The zero-order valence-electron chi connectivity index (χ0n) is 10.9. The summed E-state index contributed by atoms with van der Waals surface area (Å²) in [6, 6.07) is 0. The molecule has 0 fully saturated rings. The van der Waals surface area contributed by atoms with Crippen LogP contribution in [0.4, 0.5) is 13.2 Å². The van der Waals surface area contributed by atoms with Gasteiger partial charge < -0.3 is 4.74 Å². The fourth-order valence-electron chi connectivity index (χ4n) is 1.79.